The highest BCUT2D eigenvalue weighted by Crippen LogP contribution is 2.13. The number of imidazole rings is 1. The fourth-order valence-corrected chi connectivity index (χ4v) is 2.01. The standard InChI is InChI=1S/C14H15FN2O3/c1-9(2)17-6-5-16(14(17)20)8-10-3-4-11(15)7-12(10)13(18)19/h3-7,9H,8H2,1-2H3,(H,18,19). The van der Waals surface area contributed by atoms with Crippen LogP contribution in [0.4, 0.5) is 4.39 Å². The predicted molar refractivity (Wildman–Crippen MR) is 71.5 cm³/mol. The molecule has 0 saturated carbocycles. The summed E-state index contributed by atoms with van der Waals surface area (Å²) in [4.78, 5) is 23.2. The molecule has 1 N–H and O–H groups in total. The minimum Gasteiger partial charge on any atom is -0.478 e. The highest BCUT2D eigenvalue weighted by atomic mass is 19.1. The van der Waals surface area contributed by atoms with Crippen molar-refractivity contribution in [3.8, 4) is 0 Å². The molecule has 6 heteroatoms. The van der Waals surface area contributed by atoms with Crippen LogP contribution in [0.5, 0.6) is 0 Å². The number of aromatic carboxylic acids is 1. The van der Waals surface area contributed by atoms with Crippen molar-refractivity contribution in [2.24, 2.45) is 0 Å². The van der Waals surface area contributed by atoms with E-state index in [0.717, 1.165) is 6.07 Å². The zero-order chi connectivity index (χ0) is 14.9. The molecule has 0 bridgehead atoms. The van der Waals surface area contributed by atoms with E-state index in [9.17, 15) is 14.0 Å². The topological polar surface area (TPSA) is 64.2 Å². The van der Waals surface area contributed by atoms with Gasteiger partial charge in [0, 0.05) is 18.4 Å². The molecule has 1 aromatic carbocycles. The minimum absolute atomic E-state index is 0.0240. The van der Waals surface area contributed by atoms with E-state index in [-0.39, 0.29) is 23.8 Å². The quantitative estimate of drug-likeness (QED) is 0.931. The summed E-state index contributed by atoms with van der Waals surface area (Å²) in [6.45, 7) is 3.86. The normalized spacial score (nSPS) is 11.0. The Balaban J connectivity index is 2.40. The molecule has 0 aliphatic carbocycles. The molecule has 5 nitrogen and oxygen atoms in total. The molecule has 1 aromatic heterocycles. The van der Waals surface area contributed by atoms with Crippen molar-refractivity contribution >= 4 is 5.97 Å². The van der Waals surface area contributed by atoms with Crippen molar-refractivity contribution in [3.63, 3.8) is 0 Å². The molecule has 0 aliphatic rings. The average molecular weight is 278 g/mol. The maximum Gasteiger partial charge on any atom is 0.336 e. The van der Waals surface area contributed by atoms with Gasteiger partial charge in [0.05, 0.1) is 12.1 Å². The smallest absolute Gasteiger partial charge is 0.336 e. The first-order valence-corrected chi connectivity index (χ1v) is 6.19. The number of halogens is 1. The monoisotopic (exact) mass is 278 g/mol. The molecule has 0 unspecified atom stereocenters. The predicted octanol–water partition coefficient (Wildman–Crippen LogP) is 2.12. The molecular weight excluding hydrogens is 263 g/mol. The van der Waals surface area contributed by atoms with Gasteiger partial charge in [0.25, 0.3) is 0 Å². The molecule has 106 valence electrons. The van der Waals surface area contributed by atoms with Crippen LogP contribution >= 0.6 is 0 Å². The van der Waals surface area contributed by atoms with E-state index in [2.05, 4.69) is 0 Å². The fourth-order valence-electron chi connectivity index (χ4n) is 2.01. The molecule has 0 atom stereocenters. The van der Waals surface area contributed by atoms with Gasteiger partial charge < -0.3 is 5.11 Å². The highest BCUT2D eigenvalue weighted by Gasteiger charge is 2.13. The van der Waals surface area contributed by atoms with Crippen LogP contribution in [0.1, 0.15) is 35.8 Å². The lowest BCUT2D eigenvalue weighted by atomic mass is 10.1. The third-order valence-corrected chi connectivity index (χ3v) is 3.07. The maximum atomic E-state index is 13.1. The molecule has 0 spiro atoms. The zero-order valence-electron chi connectivity index (χ0n) is 11.2. The summed E-state index contributed by atoms with van der Waals surface area (Å²) in [5, 5.41) is 9.07. The fraction of sp³-hybridized carbons (Fsp3) is 0.286. The lowest BCUT2D eigenvalue weighted by Gasteiger charge is -2.07. The third-order valence-electron chi connectivity index (χ3n) is 3.07. The maximum absolute atomic E-state index is 13.1. The van der Waals surface area contributed by atoms with E-state index < -0.39 is 11.8 Å². The second kappa shape index (κ2) is 5.32. The first-order chi connectivity index (χ1) is 9.40. The summed E-state index contributed by atoms with van der Waals surface area (Å²) < 4.78 is 16.0. The largest absolute Gasteiger partial charge is 0.478 e. The van der Waals surface area contributed by atoms with Gasteiger partial charge in [-0.05, 0) is 31.5 Å². The first-order valence-electron chi connectivity index (χ1n) is 6.19. The zero-order valence-corrected chi connectivity index (χ0v) is 11.2. The molecule has 0 aliphatic heterocycles. The highest BCUT2D eigenvalue weighted by molar-refractivity contribution is 5.89. The van der Waals surface area contributed by atoms with Crippen molar-refractivity contribution < 1.29 is 14.3 Å². The second-order valence-corrected chi connectivity index (χ2v) is 4.82. The molecular formula is C14H15FN2O3. The summed E-state index contributed by atoms with van der Waals surface area (Å²) in [6, 6.07) is 3.56. The lowest BCUT2D eigenvalue weighted by Crippen LogP contribution is -2.26. The number of aromatic nitrogens is 2. The van der Waals surface area contributed by atoms with Crippen LogP contribution in [0.2, 0.25) is 0 Å². The van der Waals surface area contributed by atoms with Crippen LogP contribution < -0.4 is 5.69 Å². The number of benzene rings is 1. The Hall–Kier alpha value is -2.37. The Morgan fingerprint density at radius 3 is 2.60 bits per heavy atom. The number of carboxylic acids is 1. The van der Waals surface area contributed by atoms with Gasteiger partial charge >= 0.3 is 11.7 Å². The van der Waals surface area contributed by atoms with E-state index in [1.807, 2.05) is 13.8 Å². The molecule has 0 saturated heterocycles. The number of hydrogen-bond acceptors (Lipinski definition) is 2. The average Bonchev–Trinajstić information content (AvgIpc) is 2.73. The minimum atomic E-state index is -1.21. The molecule has 2 rings (SSSR count). The van der Waals surface area contributed by atoms with Gasteiger partial charge in [-0.2, -0.15) is 0 Å². The van der Waals surface area contributed by atoms with Crippen LogP contribution in [0, 0.1) is 5.82 Å². The van der Waals surface area contributed by atoms with Crippen molar-refractivity contribution in [3.05, 3.63) is 58.0 Å². The van der Waals surface area contributed by atoms with E-state index in [1.165, 1.54) is 16.7 Å². The first kappa shape index (κ1) is 14.0. The van der Waals surface area contributed by atoms with Crippen LogP contribution in [-0.4, -0.2) is 20.2 Å². The van der Waals surface area contributed by atoms with E-state index in [1.54, 1.807) is 17.0 Å². The molecule has 0 radical (unpaired) electrons. The summed E-state index contributed by atoms with van der Waals surface area (Å²) in [5.41, 5.74) is 0.0392. The summed E-state index contributed by atoms with van der Waals surface area (Å²) in [6.07, 6.45) is 3.24. The SMILES string of the molecule is CC(C)n1ccn(Cc2ccc(F)cc2C(=O)O)c1=O. The van der Waals surface area contributed by atoms with E-state index in [0.29, 0.717) is 5.56 Å². The van der Waals surface area contributed by atoms with Gasteiger partial charge in [-0.15, -0.1) is 0 Å². The Labute approximate surface area is 114 Å². The van der Waals surface area contributed by atoms with Crippen molar-refractivity contribution in [2.75, 3.05) is 0 Å². The molecule has 0 amide bonds. The van der Waals surface area contributed by atoms with Gasteiger partial charge in [-0.1, -0.05) is 6.07 Å². The van der Waals surface area contributed by atoms with Crippen molar-refractivity contribution in [1.82, 2.24) is 9.13 Å². The van der Waals surface area contributed by atoms with Gasteiger partial charge in [-0.25, -0.2) is 14.0 Å². The van der Waals surface area contributed by atoms with E-state index in [4.69, 9.17) is 5.11 Å². The van der Waals surface area contributed by atoms with Crippen LogP contribution in [0.25, 0.3) is 0 Å². The van der Waals surface area contributed by atoms with Crippen molar-refractivity contribution in [2.45, 2.75) is 26.4 Å². The van der Waals surface area contributed by atoms with Crippen molar-refractivity contribution in [1.29, 1.82) is 0 Å². The lowest BCUT2D eigenvalue weighted by molar-refractivity contribution is 0.0695. The molecule has 1 heterocycles. The Bertz CT molecular complexity index is 701. The summed E-state index contributed by atoms with van der Waals surface area (Å²) in [5.74, 6) is -1.82. The molecule has 0 fully saturated rings. The van der Waals surface area contributed by atoms with E-state index >= 15 is 0 Å². The van der Waals surface area contributed by atoms with Gasteiger partial charge in [0.2, 0.25) is 0 Å². The van der Waals surface area contributed by atoms with Gasteiger partial charge in [0.15, 0.2) is 0 Å². The molecule has 2 aromatic rings. The molecule has 20 heavy (non-hydrogen) atoms. The Morgan fingerprint density at radius 1 is 1.35 bits per heavy atom. The van der Waals surface area contributed by atoms with Crippen LogP contribution in [0.15, 0.2) is 35.4 Å². The van der Waals surface area contributed by atoms with Crippen LogP contribution in [0.3, 0.4) is 0 Å². The number of carboxylic acid groups (broad SMARTS) is 1. The summed E-state index contributed by atoms with van der Waals surface area (Å²) in [7, 11) is 0. The Morgan fingerprint density at radius 2 is 2.05 bits per heavy atom. The third kappa shape index (κ3) is 2.64. The number of hydrogen-bond donors (Lipinski definition) is 1. The second-order valence-electron chi connectivity index (χ2n) is 4.82. The number of rotatable bonds is 4. The van der Waals surface area contributed by atoms with Crippen LogP contribution in [-0.2, 0) is 6.54 Å². The van der Waals surface area contributed by atoms with Gasteiger partial charge in [-0.3, -0.25) is 9.13 Å². The summed E-state index contributed by atoms with van der Waals surface area (Å²) >= 11 is 0. The number of carbonyl (C=O) groups is 1. The number of nitrogens with zero attached hydrogens (tertiary/aromatic N) is 2. The Kier molecular flexibility index (Phi) is 3.74. The van der Waals surface area contributed by atoms with Gasteiger partial charge in [0.1, 0.15) is 5.82 Å².